The van der Waals surface area contributed by atoms with Crippen LogP contribution < -0.4 is 5.32 Å². The Morgan fingerprint density at radius 1 is 1.17 bits per heavy atom. The summed E-state index contributed by atoms with van der Waals surface area (Å²) in [4.78, 5) is 17.0. The molecule has 0 atom stereocenters. The molecule has 158 valence electrons. The van der Waals surface area contributed by atoms with Crippen molar-refractivity contribution in [2.75, 3.05) is 44.8 Å². The molecule has 0 aliphatic carbocycles. The van der Waals surface area contributed by atoms with Gasteiger partial charge < -0.3 is 14.8 Å². The molecule has 2 aromatic heterocycles. The third-order valence-corrected chi connectivity index (χ3v) is 5.99. The normalized spacial score (nSPS) is 14.7. The van der Waals surface area contributed by atoms with Gasteiger partial charge in [0, 0.05) is 31.5 Å². The van der Waals surface area contributed by atoms with E-state index >= 15 is 0 Å². The van der Waals surface area contributed by atoms with Gasteiger partial charge in [-0.3, -0.25) is 4.90 Å². The molecule has 1 aromatic carbocycles. The van der Waals surface area contributed by atoms with Gasteiger partial charge >= 0.3 is 0 Å². The molecule has 3 heterocycles. The number of nitrogens with zero attached hydrogens (tertiary/aromatic N) is 4. The van der Waals surface area contributed by atoms with Crippen molar-refractivity contribution in [3.8, 4) is 10.6 Å². The number of nitrogens with one attached hydrogen (secondary N) is 1. The fourth-order valence-electron chi connectivity index (χ4n) is 3.39. The minimum Gasteiger partial charge on any atom is -0.379 e. The second-order valence-corrected chi connectivity index (χ2v) is 8.45. The largest absolute Gasteiger partial charge is 0.379 e. The molecule has 8 heteroatoms. The van der Waals surface area contributed by atoms with Crippen LogP contribution in [0, 0.1) is 13.8 Å². The van der Waals surface area contributed by atoms with Gasteiger partial charge in [-0.25, -0.2) is 15.0 Å². The van der Waals surface area contributed by atoms with E-state index in [1.54, 1.807) is 17.5 Å². The molecule has 0 radical (unpaired) electrons. The summed E-state index contributed by atoms with van der Waals surface area (Å²) in [5, 5.41) is 4.35. The van der Waals surface area contributed by atoms with E-state index in [9.17, 15) is 0 Å². The number of aromatic nitrogens is 3. The maximum absolute atomic E-state index is 5.87. The van der Waals surface area contributed by atoms with Gasteiger partial charge in [-0.1, -0.05) is 12.1 Å². The minimum atomic E-state index is 0.573. The lowest BCUT2D eigenvalue weighted by atomic mass is 10.2. The highest BCUT2D eigenvalue weighted by Gasteiger charge is 2.11. The molecule has 1 saturated heterocycles. The number of benzene rings is 1. The molecule has 0 unspecified atom stereocenters. The van der Waals surface area contributed by atoms with Crippen LogP contribution in [0.4, 0.5) is 11.6 Å². The van der Waals surface area contributed by atoms with Crippen molar-refractivity contribution in [1.29, 1.82) is 0 Å². The van der Waals surface area contributed by atoms with Crippen molar-refractivity contribution in [3.63, 3.8) is 0 Å². The zero-order chi connectivity index (χ0) is 20.8. The van der Waals surface area contributed by atoms with Crippen molar-refractivity contribution in [2.24, 2.45) is 0 Å². The number of hydrogen-bond donors (Lipinski definition) is 1. The van der Waals surface area contributed by atoms with E-state index < -0.39 is 0 Å². The zero-order valence-corrected chi connectivity index (χ0v) is 18.2. The number of rotatable bonds is 8. The highest BCUT2D eigenvalue weighted by atomic mass is 32.1. The van der Waals surface area contributed by atoms with Crippen molar-refractivity contribution in [3.05, 3.63) is 52.8 Å². The molecule has 0 bridgehead atoms. The molecular weight excluding hydrogens is 398 g/mol. The van der Waals surface area contributed by atoms with E-state index in [-0.39, 0.29) is 0 Å². The Morgan fingerprint density at radius 2 is 2.03 bits per heavy atom. The SMILES string of the molecule is Cc1nc(C)c(-c2ccnc(Nc3cccc(COCCN4CCOCC4)c3)n2)s1. The summed E-state index contributed by atoms with van der Waals surface area (Å²) < 4.78 is 11.2. The number of hydrogen-bond acceptors (Lipinski definition) is 8. The summed E-state index contributed by atoms with van der Waals surface area (Å²) in [6.45, 7) is 9.88. The standard InChI is InChI=1S/C22H27N5O2S/c1-16-21(30-17(2)24-16)20-6-7-23-22(26-20)25-19-5-3-4-18(14-19)15-29-13-10-27-8-11-28-12-9-27/h3-7,14H,8-13,15H2,1-2H3,(H,23,25,26). The number of thiazole rings is 1. The summed E-state index contributed by atoms with van der Waals surface area (Å²) in [6.07, 6.45) is 1.78. The topological polar surface area (TPSA) is 72.4 Å². The van der Waals surface area contributed by atoms with Crippen LogP contribution in [-0.2, 0) is 16.1 Å². The summed E-state index contributed by atoms with van der Waals surface area (Å²) in [5.74, 6) is 0.573. The number of aryl methyl sites for hydroxylation is 2. The first-order valence-electron chi connectivity index (χ1n) is 10.2. The van der Waals surface area contributed by atoms with Crippen molar-refractivity contribution >= 4 is 23.0 Å². The van der Waals surface area contributed by atoms with Crippen LogP contribution in [-0.4, -0.2) is 59.3 Å². The number of anilines is 2. The van der Waals surface area contributed by atoms with E-state index in [2.05, 4.69) is 37.3 Å². The van der Waals surface area contributed by atoms with E-state index in [0.717, 1.165) is 72.0 Å². The smallest absolute Gasteiger partial charge is 0.227 e. The van der Waals surface area contributed by atoms with Crippen LogP contribution >= 0.6 is 11.3 Å². The van der Waals surface area contributed by atoms with Crippen LogP contribution in [0.5, 0.6) is 0 Å². The van der Waals surface area contributed by atoms with Gasteiger partial charge in [-0.15, -0.1) is 11.3 Å². The molecule has 1 aliphatic rings. The summed E-state index contributed by atoms with van der Waals surface area (Å²) in [6, 6.07) is 10.1. The average Bonchev–Trinajstić information content (AvgIpc) is 3.10. The second-order valence-electron chi connectivity index (χ2n) is 7.24. The van der Waals surface area contributed by atoms with Crippen LogP contribution in [0.15, 0.2) is 36.5 Å². The fourth-order valence-corrected chi connectivity index (χ4v) is 4.28. The molecule has 4 rings (SSSR count). The van der Waals surface area contributed by atoms with Crippen LogP contribution in [0.2, 0.25) is 0 Å². The summed E-state index contributed by atoms with van der Waals surface area (Å²) in [5.41, 5.74) is 3.95. The Hall–Kier alpha value is -2.39. The first-order valence-corrected chi connectivity index (χ1v) is 11.0. The quantitative estimate of drug-likeness (QED) is 0.550. The summed E-state index contributed by atoms with van der Waals surface area (Å²) in [7, 11) is 0. The van der Waals surface area contributed by atoms with Crippen molar-refractivity contribution in [2.45, 2.75) is 20.5 Å². The molecule has 0 spiro atoms. The van der Waals surface area contributed by atoms with Crippen LogP contribution in [0.25, 0.3) is 10.6 Å². The van der Waals surface area contributed by atoms with Crippen LogP contribution in [0.3, 0.4) is 0 Å². The lowest BCUT2D eigenvalue weighted by Crippen LogP contribution is -2.38. The van der Waals surface area contributed by atoms with Gasteiger partial charge in [0.05, 0.1) is 47.7 Å². The first-order chi connectivity index (χ1) is 14.7. The third-order valence-electron chi connectivity index (χ3n) is 4.90. The molecule has 1 N–H and O–H groups in total. The molecule has 1 fully saturated rings. The molecular formula is C22H27N5O2S. The first kappa shape index (κ1) is 20.9. The predicted octanol–water partition coefficient (Wildman–Crippen LogP) is 3.81. The second kappa shape index (κ2) is 10.1. The van der Waals surface area contributed by atoms with Gasteiger partial charge in [0.25, 0.3) is 0 Å². The van der Waals surface area contributed by atoms with Gasteiger partial charge in [-0.2, -0.15) is 0 Å². The monoisotopic (exact) mass is 425 g/mol. The van der Waals surface area contributed by atoms with E-state index in [1.165, 1.54) is 0 Å². The Bertz CT molecular complexity index is 972. The minimum absolute atomic E-state index is 0.573. The molecule has 0 saturated carbocycles. The molecule has 3 aromatic rings. The van der Waals surface area contributed by atoms with Crippen LogP contribution in [0.1, 0.15) is 16.3 Å². The molecule has 7 nitrogen and oxygen atoms in total. The Kier molecular flexibility index (Phi) is 7.01. The Labute approximate surface area is 181 Å². The number of morpholine rings is 1. The van der Waals surface area contributed by atoms with Gasteiger partial charge in [-0.05, 0) is 37.6 Å². The number of ether oxygens (including phenoxy) is 2. The lowest BCUT2D eigenvalue weighted by Gasteiger charge is -2.26. The van der Waals surface area contributed by atoms with Crippen molar-refractivity contribution < 1.29 is 9.47 Å². The Balaban J connectivity index is 1.34. The highest BCUT2D eigenvalue weighted by molar-refractivity contribution is 7.15. The third kappa shape index (κ3) is 5.60. The van der Waals surface area contributed by atoms with E-state index in [0.29, 0.717) is 12.6 Å². The van der Waals surface area contributed by atoms with Gasteiger partial charge in [0.15, 0.2) is 0 Å². The zero-order valence-electron chi connectivity index (χ0n) is 17.4. The van der Waals surface area contributed by atoms with E-state index in [1.807, 2.05) is 32.0 Å². The average molecular weight is 426 g/mol. The summed E-state index contributed by atoms with van der Waals surface area (Å²) >= 11 is 1.65. The highest BCUT2D eigenvalue weighted by Crippen LogP contribution is 2.28. The molecule has 0 amide bonds. The lowest BCUT2D eigenvalue weighted by molar-refractivity contribution is 0.0180. The van der Waals surface area contributed by atoms with Crippen molar-refractivity contribution in [1.82, 2.24) is 19.9 Å². The molecule has 1 aliphatic heterocycles. The molecule has 30 heavy (non-hydrogen) atoms. The maximum atomic E-state index is 5.87. The fraction of sp³-hybridized carbons (Fsp3) is 0.409. The van der Waals surface area contributed by atoms with Gasteiger partial charge in [0.2, 0.25) is 5.95 Å². The van der Waals surface area contributed by atoms with Gasteiger partial charge in [0.1, 0.15) is 0 Å². The predicted molar refractivity (Wildman–Crippen MR) is 119 cm³/mol. The maximum Gasteiger partial charge on any atom is 0.227 e. The Morgan fingerprint density at radius 3 is 2.83 bits per heavy atom. The van der Waals surface area contributed by atoms with E-state index in [4.69, 9.17) is 9.47 Å².